The molecule has 0 radical (unpaired) electrons. The zero-order chi connectivity index (χ0) is 15.1. The lowest BCUT2D eigenvalue weighted by molar-refractivity contribution is 0.221. The molecule has 0 spiro atoms. The topological polar surface area (TPSA) is 35.6 Å². The van der Waals surface area contributed by atoms with Crippen molar-refractivity contribution >= 4 is 22.8 Å². The van der Waals surface area contributed by atoms with E-state index in [0.29, 0.717) is 11.9 Å². The van der Waals surface area contributed by atoms with Crippen LogP contribution in [0.3, 0.4) is 0 Å². The minimum absolute atomic E-state index is 0.469. The van der Waals surface area contributed by atoms with Gasteiger partial charge in [-0.25, -0.2) is 4.98 Å². The van der Waals surface area contributed by atoms with Crippen molar-refractivity contribution in [2.45, 2.75) is 58.4 Å². The number of alkyl halides is 1. The molecule has 2 aromatic rings. The predicted molar refractivity (Wildman–Crippen MR) is 86.7 cm³/mol. The monoisotopic (exact) mass is 308 g/mol. The van der Waals surface area contributed by atoms with Crippen LogP contribution in [0.15, 0.2) is 0 Å². The highest BCUT2D eigenvalue weighted by Crippen LogP contribution is 2.38. The number of aromatic nitrogens is 4. The van der Waals surface area contributed by atoms with Gasteiger partial charge in [0.15, 0.2) is 5.65 Å². The number of hydrogen-bond acceptors (Lipinski definition) is 2. The average Bonchev–Trinajstić information content (AvgIpc) is 2.95. The summed E-state index contributed by atoms with van der Waals surface area (Å²) >= 11 is 6.19. The van der Waals surface area contributed by atoms with Gasteiger partial charge in [0.2, 0.25) is 0 Å². The van der Waals surface area contributed by atoms with Gasteiger partial charge in [-0.2, -0.15) is 5.10 Å². The summed E-state index contributed by atoms with van der Waals surface area (Å²) < 4.78 is 4.36. The van der Waals surface area contributed by atoms with Gasteiger partial charge in [-0.1, -0.05) is 20.8 Å². The average molecular weight is 309 g/mol. The fraction of sp³-hybridized carbons (Fsp3) is 0.750. The van der Waals surface area contributed by atoms with E-state index in [1.165, 1.54) is 19.3 Å². The second-order valence-corrected chi connectivity index (χ2v) is 6.97. The Morgan fingerprint density at radius 1 is 1.19 bits per heavy atom. The summed E-state index contributed by atoms with van der Waals surface area (Å²) in [5, 5.41) is 4.63. The molecule has 2 aromatic heterocycles. The van der Waals surface area contributed by atoms with Crippen LogP contribution in [0, 0.1) is 11.8 Å². The second kappa shape index (κ2) is 5.64. The van der Waals surface area contributed by atoms with Gasteiger partial charge in [-0.3, -0.25) is 4.68 Å². The molecule has 1 fully saturated rings. The molecular formula is C16H25ClN4. The molecule has 0 amide bonds. The van der Waals surface area contributed by atoms with Gasteiger partial charge >= 0.3 is 0 Å². The Morgan fingerprint density at radius 3 is 2.43 bits per heavy atom. The van der Waals surface area contributed by atoms with E-state index in [4.69, 9.17) is 16.6 Å². The first-order valence-electron chi connectivity index (χ1n) is 8.03. The van der Waals surface area contributed by atoms with Crippen molar-refractivity contribution in [3.63, 3.8) is 0 Å². The van der Waals surface area contributed by atoms with E-state index in [9.17, 15) is 0 Å². The SMILES string of the molecule is CCc1nn(C)c2c1nc(CCl)n2C1CC(C)CC(C)C1. The minimum atomic E-state index is 0.469. The van der Waals surface area contributed by atoms with Gasteiger partial charge in [-0.05, 0) is 37.5 Å². The summed E-state index contributed by atoms with van der Waals surface area (Å²) in [7, 11) is 2.02. The first-order valence-corrected chi connectivity index (χ1v) is 8.57. The Kier molecular flexibility index (Phi) is 4.00. The number of rotatable bonds is 3. The summed E-state index contributed by atoms with van der Waals surface area (Å²) in [6.07, 6.45) is 4.67. The van der Waals surface area contributed by atoms with E-state index in [1.54, 1.807) is 0 Å². The number of nitrogens with zero attached hydrogens (tertiary/aromatic N) is 4. The zero-order valence-electron chi connectivity index (χ0n) is 13.4. The van der Waals surface area contributed by atoms with Gasteiger partial charge in [0, 0.05) is 13.1 Å². The first kappa shape index (κ1) is 14.9. The van der Waals surface area contributed by atoms with Gasteiger partial charge < -0.3 is 4.57 Å². The summed E-state index contributed by atoms with van der Waals surface area (Å²) in [6.45, 7) is 6.85. The Bertz CT molecular complexity index is 632. The van der Waals surface area contributed by atoms with Crippen LogP contribution in [0.1, 0.15) is 57.6 Å². The molecule has 2 heterocycles. The number of hydrogen-bond donors (Lipinski definition) is 0. The summed E-state index contributed by atoms with van der Waals surface area (Å²) in [5.74, 6) is 2.99. The molecule has 3 rings (SSSR count). The van der Waals surface area contributed by atoms with E-state index < -0.39 is 0 Å². The largest absolute Gasteiger partial charge is 0.309 e. The lowest BCUT2D eigenvalue weighted by Gasteiger charge is -2.33. The molecule has 1 saturated carbocycles. The van der Waals surface area contributed by atoms with Crippen LogP contribution >= 0.6 is 11.6 Å². The third-order valence-corrected chi connectivity index (χ3v) is 5.02. The van der Waals surface area contributed by atoms with Crippen molar-refractivity contribution in [1.82, 2.24) is 19.3 Å². The van der Waals surface area contributed by atoms with Crippen LogP contribution in [-0.2, 0) is 19.3 Å². The fourth-order valence-corrected chi connectivity index (χ4v) is 4.27. The van der Waals surface area contributed by atoms with Crippen molar-refractivity contribution in [2.75, 3.05) is 0 Å². The Balaban J connectivity index is 2.13. The van der Waals surface area contributed by atoms with Crippen molar-refractivity contribution in [3.8, 4) is 0 Å². The Hall–Kier alpha value is -1.03. The quantitative estimate of drug-likeness (QED) is 0.801. The standard InChI is InChI=1S/C16H25ClN4/c1-5-13-15-16(20(4)19-13)21(14(9-17)18-15)12-7-10(2)6-11(3)8-12/h10-12H,5-9H2,1-4H3. The summed E-state index contributed by atoms with van der Waals surface area (Å²) in [5.41, 5.74) is 3.27. The molecule has 2 atom stereocenters. The molecule has 0 aromatic carbocycles. The summed E-state index contributed by atoms with van der Waals surface area (Å²) in [6, 6.07) is 0.502. The molecular weight excluding hydrogens is 284 g/mol. The number of halogens is 1. The molecule has 0 saturated heterocycles. The lowest BCUT2D eigenvalue weighted by Crippen LogP contribution is -2.24. The van der Waals surface area contributed by atoms with Gasteiger partial charge in [0.25, 0.3) is 0 Å². The van der Waals surface area contributed by atoms with E-state index in [-0.39, 0.29) is 0 Å². The van der Waals surface area contributed by atoms with Crippen LogP contribution in [0.5, 0.6) is 0 Å². The molecule has 1 aliphatic rings. The third-order valence-electron chi connectivity index (χ3n) is 4.78. The van der Waals surface area contributed by atoms with Crippen LogP contribution in [-0.4, -0.2) is 19.3 Å². The predicted octanol–water partition coefficient (Wildman–Crippen LogP) is 4.07. The highest BCUT2D eigenvalue weighted by molar-refractivity contribution is 6.16. The molecule has 0 bridgehead atoms. The Morgan fingerprint density at radius 2 is 1.86 bits per heavy atom. The summed E-state index contributed by atoms with van der Waals surface area (Å²) in [4.78, 5) is 4.80. The van der Waals surface area contributed by atoms with Gasteiger partial charge in [-0.15, -0.1) is 11.6 Å². The molecule has 0 aliphatic heterocycles. The molecule has 5 heteroatoms. The maximum Gasteiger partial charge on any atom is 0.158 e. The van der Waals surface area contributed by atoms with Gasteiger partial charge in [0.1, 0.15) is 11.3 Å². The molecule has 116 valence electrons. The van der Waals surface area contributed by atoms with Crippen molar-refractivity contribution < 1.29 is 0 Å². The maximum absolute atomic E-state index is 6.19. The van der Waals surface area contributed by atoms with E-state index >= 15 is 0 Å². The van der Waals surface area contributed by atoms with E-state index in [2.05, 4.69) is 30.4 Å². The minimum Gasteiger partial charge on any atom is -0.309 e. The number of imidazole rings is 1. The van der Waals surface area contributed by atoms with Gasteiger partial charge in [0.05, 0.1) is 11.6 Å². The number of aryl methyl sites for hydroxylation is 2. The number of fused-ring (bicyclic) bond motifs is 1. The third kappa shape index (κ3) is 2.48. The first-order chi connectivity index (χ1) is 10.0. The molecule has 4 nitrogen and oxygen atoms in total. The van der Waals surface area contributed by atoms with Crippen molar-refractivity contribution in [1.29, 1.82) is 0 Å². The maximum atomic E-state index is 6.19. The molecule has 21 heavy (non-hydrogen) atoms. The van der Waals surface area contributed by atoms with Crippen LogP contribution in [0.2, 0.25) is 0 Å². The van der Waals surface area contributed by atoms with Crippen molar-refractivity contribution in [3.05, 3.63) is 11.5 Å². The lowest BCUT2D eigenvalue weighted by atomic mass is 9.80. The van der Waals surface area contributed by atoms with Crippen LogP contribution in [0.4, 0.5) is 0 Å². The highest BCUT2D eigenvalue weighted by Gasteiger charge is 2.29. The zero-order valence-corrected chi connectivity index (χ0v) is 14.2. The normalized spacial score (nSPS) is 26.6. The molecule has 0 N–H and O–H groups in total. The van der Waals surface area contributed by atoms with E-state index in [0.717, 1.165) is 40.9 Å². The van der Waals surface area contributed by atoms with E-state index in [1.807, 2.05) is 11.7 Å². The van der Waals surface area contributed by atoms with Crippen molar-refractivity contribution in [2.24, 2.45) is 18.9 Å². The van der Waals surface area contributed by atoms with Crippen LogP contribution in [0.25, 0.3) is 11.2 Å². The smallest absolute Gasteiger partial charge is 0.158 e. The molecule has 1 aliphatic carbocycles. The highest BCUT2D eigenvalue weighted by atomic mass is 35.5. The molecule has 2 unspecified atom stereocenters. The second-order valence-electron chi connectivity index (χ2n) is 6.70. The fourth-order valence-electron chi connectivity index (χ4n) is 4.08. The van der Waals surface area contributed by atoms with Crippen LogP contribution < -0.4 is 0 Å². The Labute approximate surface area is 131 Å².